The lowest BCUT2D eigenvalue weighted by atomic mass is 10.0. The second-order valence-corrected chi connectivity index (χ2v) is 7.54. The highest BCUT2D eigenvalue weighted by Crippen LogP contribution is 2.17. The summed E-state index contributed by atoms with van der Waals surface area (Å²) >= 11 is 5.90. The molecule has 1 atom stereocenters. The number of hydrogen-bond acceptors (Lipinski definition) is 4. The summed E-state index contributed by atoms with van der Waals surface area (Å²) in [6, 6.07) is 7.39. The van der Waals surface area contributed by atoms with Gasteiger partial charge >= 0.3 is 0 Å². The second kappa shape index (κ2) is 10.00. The van der Waals surface area contributed by atoms with Crippen molar-refractivity contribution in [2.24, 2.45) is 4.99 Å². The molecule has 0 amide bonds. The standard InChI is InChI=1S/C19H31ClN4O2/c1-15(26-17-7-5-16(20)6-8-17)13-22-18(21-4)23-14-19(2,3)24-9-11-25-12-10-24/h5-8,15H,9-14H2,1-4H3,(H2,21,22,23). The number of ether oxygens (including phenoxy) is 2. The summed E-state index contributed by atoms with van der Waals surface area (Å²) in [5.74, 6) is 1.58. The predicted molar refractivity (Wildman–Crippen MR) is 107 cm³/mol. The molecule has 1 fully saturated rings. The molecule has 0 spiro atoms. The Morgan fingerprint density at radius 2 is 1.92 bits per heavy atom. The lowest BCUT2D eigenvalue weighted by Gasteiger charge is -2.41. The average Bonchev–Trinajstić information content (AvgIpc) is 2.64. The van der Waals surface area contributed by atoms with Crippen LogP contribution in [0.5, 0.6) is 5.75 Å². The lowest BCUT2D eigenvalue weighted by molar-refractivity contribution is -0.00834. The van der Waals surface area contributed by atoms with E-state index in [0.717, 1.165) is 44.6 Å². The summed E-state index contributed by atoms with van der Waals surface area (Å²) < 4.78 is 11.3. The third-order valence-corrected chi connectivity index (χ3v) is 4.74. The summed E-state index contributed by atoms with van der Waals surface area (Å²) in [6.07, 6.45) is 0.00183. The molecule has 1 unspecified atom stereocenters. The highest BCUT2D eigenvalue weighted by molar-refractivity contribution is 6.30. The Kier molecular flexibility index (Phi) is 8.00. The fourth-order valence-corrected chi connectivity index (χ4v) is 2.95. The van der Waals surface area contributed by atoms with Gasteiger partial charge in [0, 0.05) is 37.2 Å². The van der Waals surface area contributed by atoms with Gasteiger partial charge in [-0.1, -0.05) is 11.6 Å². The first kappa shape index (κ1) is 20.8. The van der Waals surface area contributed by atoms with Gasteiger partial charge in [-0.25, -0.2) is 0 Å². The number of morpholine rings is 1. The van der Waals surface area contributed by atoms with Crippen molar-refractivity contribution in [1.82, 2.24) is 15.5 Å². The van der Waals surface area contributed by atoms with E-state index in [1.54, 1.807) is 7.05 Å². The maximum Gasteiger partial charge on any atom is 0.191 e. The zero-order chi connectivity index (χ0) is 19.0. The SMILES string of the molecule is CN=C(NCC(C)Oc1ccc(Cl)cc1)NCC(C)(C)N1CCOCC1. The average molecular weight is 383 g/mol. The third-order valence-electron chi connectivity index (χ3n) is 4.49. The van der Waals surface area contributed by atoms with E-state index in [9.17, 15) is 0 Å². The normalized spacial score (nSPS) is 17.7. The minimum absolute atomic E-state index is 0.00183. The monoisotopic (exact) mass is 382 g/mol. The smallest absolute Gasteiger partial charge is 0.191 e. The molecule has 1 aliphatic rings. The van der Waals surface area contributed by atoms with Crippen molar-refractivity contribution < 1.29 is 9.47 Å². The first-order valence-corrected chi connectivity index (χ1v) is 9.48. The number of nitrogens with one attached hydrogen (secondary N) is 2. The van der Waals surface area contributed by atoms with Crippen LogP contribution in [0.3, 0.4) is 0 Å². The molecule has 1 aromatic rings. The summed E-state index contributed by atoms with van der Waals surface area (Å²) in [6.45, 7) is 11.5. The molecule has 0 aromatic heterocycles. The molecule has 0 radical (unpaired) electrons. The molecule has 7 heteroatoms. The number of rotatable bonds is 7. The Labute approximate surface area is 161 Å². The van der Waals surface area contributed by atoms with Crippen LogP contribution in [0.4, 0.5) is 0 Å². The molecule has 0 aliphatic carbocycles. The van der Waals surface area contributed by atoms with Crippen molar-refractivity contribution in [3.05, 3.63) is 29.3 Å². The van der Waals surface area contributed by atoms with Gasteiger partial charge in [0.2, 0.25) is 0 Å². The van der Waals surface area contributed by atoms with E-state index in [0.29, 0.717) is 11.6 Å². The number of hydrogen-bond donors (Lipinski definition) is 2. The number of guanidine groups is 1. The molecule has 2 rings (SSSR count). The summed E-state index contributed by atoms with van der Waals surface area (Å²) in [5, 5.41) is 7.44. The molecular weight excluding hydrogens is 352 g/mol. The van der Waals surface area contributed by atoms with Crippen molar-refractivity contribution in [3.63, 3.8) is 0 Å². The van der Waals surface area contributed by atoms with Gasteiger partial charge in [0.05, 0.1) is 19.8 Å². The Hall–Kier alpha value is -1.50. The van der Waals surface area contributed by atoms with Crippen LogP contribution in [0, 0.1) is 0 Å². The van der Waals surface area contributed by atoms with Gasteiger partial charge in [0.15, 0.2) is 5.96 Å². The van der Waals surface area contributed by atoms with Crippen LogP contribution in [-0.4, -0.2) is 68.9 Å². The molecule has 1 aromatic carbocycles. The zero-order valence-corrected chi connectivity index (χ0v) is 17.0. The van der Waals surface area contributed by atoms with Crippen LogP contribution in [-0.2, 0) is 4.74 Å². The molecule has 6 nitrogen and oxygen atoms in total. The van der Waals surface area contributed by atoms with E-state index in [4.69, 9.17) is 21.1 Å². The molecule has 1 aliphatic heterocycles. The fourth-order valence-electron chi connectivity index (χ4n) is 2.83. The predicted octanol–water partition coefficient (Wildman–Crippen LogP) is 2.38. The van der Waals surface area contributed by atoms with Gasteiger partial charge in [0.25, 0.3) is 0 Å². The molecule has 1 heterocycles. The summed E-state index contributed by atoms with van der Waals surface area (Å²) in [5.41, 5.74) is 0.0345. The summed E-state index contributed by atoms with van der Waals surface area (Å²) in [7, 11) is 1.78. The van der Waals surface area contributed by atoms with Crippen molar-refractivity contribution in [1.29, 1.82) is 0 Å². The number of nitrogens with zero attached hydrogens (tertiary/aromatic N) is 2. The first-order valence-electron chi connectivity index (χ1n) is 9.10. The molecule has 26 heavy (non-hydrogen) atoms. The van der Waals surface area contributed by atoms with Crippen molar-refractivity contribution in [2.75, 3.05) is 46.4 Å². The van der Waals surface area contributed by atoms with E-state index in [2.05, 4.69) is 34.4 Å². The highest BCUT2D eigenvalue weighted by atomic mass is 35.5. The number of halogens is 1. The molecule has 1 saturated heterocycles. The third kappa shape index (κ3) is 6.67. The van der Waals surface area contributed by atoms with Gasteiger partial charge in [-0.3, -0.25) is 9.89 Å². The van der Waals surface area contributed by atoms with Gasteiger partial charge in [-0.15, -0.1) is 0 Å². The summed E-state index contributed by atoms with van der Waals surface area (Å²) in [4.78, 5) is 6.75. The maximum atomic E-state index is 5.90. The van der Waals surface area contributed by atoms with Crippen molar-refractivity contribution in [3.8, 4) is 5.75 Å². The largest absolute Gasteiger partial charge is 0.489 e. The maximum absolute atomic E-state index is 5.90. The Morgan fingerprint density at radius 1 is 1.27 bits per heavy atom. The van der Waals surface area contributed by atoms with Crippen LogP contribution >= 0.6 is 11.6 Å². The van der Waals surface area contributed by atoms with Gasteiger partial charge in [-0.05, 0) is 45.0 Å². The van der Waals surface area contributed by atoms with E-state index < -0.39 is 0 Å². The van der Waals surface area contributed by atoms with Gasteiger partial charge in [-0.2, -0.15) is 0 Å². The second-order valence-electron chi connectivity index (χ2n) is 7.10. The van der Waals surface area contributed by atoms with Crippen LogP contribution < -0.4 is 15.4 Å². The zero-order valence-electron chi connectivity index (χ0n) is 16.2. The lowest BCUT2D eigenvalue weighted by Crippen LogP contribution is -2.56. The Balaban J connectivity index is 1.75. The minimum atomic E-state index is 0.00183. The van der Waals surface area contributed by atoms with Crippen molar-refractivity contribution >= 4 is 17.6 Å². The minimum Gasteiger partial charge on any atom is -0.489 e. The van der Waals surface area contributed by atoms with E-state index in [1.807, 2.05) is 31.2 Å². The van der Waals surface area contributed by atoms with Crippen LogP contribution in [0.25, 0.3) is 0 Å². The molecular formula is C19H31ClN4O2. The Morgan fingerprint density at radius 3 is 2.54 bits per heavy atom. The van der Waals surface area contributed by atoms with Crippen molar-refractivity contribution in [2.45, 2.75) is 32.4 Å². The van der Waals surface area contributed by atoms with Crippen LogP contribution in [0.1, 0.15) is 20.8 Å². The molecule has 146 valence electrons. The van der Waals surface area contributed by atoms with E-state index in [1.165, 1.54) is 0 Å². The van der Waals surface area contributed by atoms with Gasteiger partial charge < -0.3 is 20.1 Å². The van der Waals surface area contributed by atoms with E-state index in [-0.39, 0.29) is 11.6 Å². The first-order chi connectivity index (χ1) is 12.4. The van der Waals surface area contributed by atoms with Crippen LogP contribution in [0.2, 0.25) is 5.02 Å². The number of benzene rings is 1. The quantitative estimate of drug-likeness (QED) is 0.560. The topological polar surface area (TPSA) is 58.1 Å². The molecule has 0 bridgehead atoms. The molecule has 0 saturated carbocycles. The molecule has 2 N–H and O–H groups in total. The number of aliphatic imine (C=N–C) groups is 1. The van der Waals surface area contributed by atoms with E-state index >= 15 is 0 Å². The fraction of sp³-hybridized carbons (Fsp3) is 0.632. The highest BCUT2D eigenvalue weighted by Gasteiger charge is 2.28. The Bertz CT molecular complexity index is 571. The van der Waals surface area contributed by atoms with Crippen LogP contribution in [0.15, 0.2) is 29.3 Å². The van der Waals surface area contributed by atoms with Gasteiger partial charge in [0.1, 0.15) is 11.9 Å².